The molecule has 0 amide bonds. The van der Waals surface area contributed by atoms with Gasteiger partial charge in [-0.2, -0.15) is 5.10 Å². The third-order valence-electron chi connectivity index (χ3n) is 3.73. The van der Waals surface area contributed by atoms with Gasteiger partial charge in [0.1, 0.15) is 11.4 Å². The van der Waals surface area contributed by atoms with E-state index < -0.39 is 0 Å². The van der Waals surface area contributed by atoms with E-state index in [1.807, 2.05) is 62.4 Å². The fraction of sp³-hybridized carbons (Fsp3) is 0.167. The van der Waals surface area contributed by atoms with Crippen LogP contribution in [0, 0.1) is 13.8 Å². The zero-order valence-corrected chi connectivity index (χ0v) is 12.9. The molecule has 0 radical (unpaired) electrons. The Balaban J connectivity index is 2.06. The summed E-state index contributed by atoms with van der Waals surface area (Å²) in [7, 11) is 1.63. The molecule has 0 fully saturated rings. The molecule has 0 aliphatic heterocycles. The summed E-state index contributed by atoms with van der Waals surface area (Å²) in [6.45, 7) is 3.88. The number of methoxy groups -OCH3 is 1. The summed E-state index contributed by atoms with van der Waals surface area (Å²) in [4.78, 5) is 0. The number of aromatic hydroxyl groups is 1. The maximum Gasteiger partial charge on any atom is 0.165 e. The van der Waals surface area contributed by atoms with Gasteiger partial charge in [-0.1, -0.05) is 29.8 Å². The molecule has 0 unspecified atom stereocenters. The van der Waals surface area contributed by atoms with E-state index in [9.17, 15) is 5.11 Å². The average Bonchev–Trinajstić information content (AvgIpc) is 2.84. The molecule has 0 saturated carbocycles. The normalized spacial score (nSPS) is 10.7. The fourth-order valence-corrected chi connectivity index (χ4v) is 2.37. The van der Waals surface area contributed by atoms with E-state index >= 15 is 0 Å². The molecule has 4 nitrogen and oxygen atoms in total. The summed E-state index contributed by atoms with van der Waals surface area (Å²) < 4.78 is 6.91. The molecule has 112 valence electrons. The van der Waals surface area contributed by atoms with Crippen molar-refractivity contribution in [2.24, 2.45) is 0 Å². The number of rotatable bonds is 3. The molecule has 1 N–H and O–H groups in total. The number of benzene rings is 2. The molecule has 2 aromatic carbocycles. The summed E-state index contributed by atoms with van der Waals surface area (Å²) in [6, 6.07) is 15.5. The van der Waals surface area contributed by atoms with Gasteiger partial charge in [0, 0.05) is 5.56 Å². The Morgan fingerprint density at radius 2 is 1.59 bits per heavy atom. The average molecular weight is 294 g/mol. The third kappa shape index (κ3) is 2.44. The van der Waals surface area contributed by atoms with Gasteiger partial charge in [-0.3, -0.25) is 0 Å². The Kier molecular flexibility index (Phi) is 3.59. The highest BCUT2D eigenvalue weighted by Gasteiger charge is 2.16. The minimum Gasteiger partial charge on any atom is -0.504 e. The van der Waals surface area contributed by atoms with Gasteiger partial charge < -0.3 is 9.84 Å². The molecule has 1 heterocycles. The first-order valence-electron chi connectivity index (χ1n) is 7.10. The highest BCUT2D eigenvalue weighted by atomic mass is 16.5. The van der Waals surface area contributed by atoms with Crippen LogP contribution in [0.2, 0.25) is 0 Å². The summed E-state index contributed by atoms with van der Waals surface area (Å²) >= 11 is 0. The Morgan fingerprint density at radius 1 is 0.955 bits per heavy atom. The Bertz CT molecular complexity index is 787. The topological polar surface area (TPSA) is 47.3 Å². The quantitative estimate of drug-likeness (QED) is 0.797. The maximum atomic E-state index is 10.4. The molecule has 0 bridgehead atoms. The second-order valence-corrected chi connectivity index (χ2v) is 5.26. The highest BCUT2D eigenvalue weighted by Crippen LogP contribution is 2.32. The first kappa shape index (κ1) is 14.2. The van der Waals surface area contributed by atoms with Crippen LogP contribution in [0.25, 0.3) is 16.9 Å². The molecule has 1 aromatic heterocycles. The van der Waals surface area contributed by atoms with Crippen molar-refractivity contribution in [3.05, 3.63) is 59.8 Å². The van der Waals surface area contributed by atoms with E-state index in [-0.39, 0.29) is 5.75 Å². The second-order valence-electron chi connectivity index (χ2n) is 5.26. The van der Waals surface area contributed by atoms with Crippen LogP contribution >= 0.6 is 0 Å². The predicted octanol–water partition coefficient (Wildman–Crippen LogP) is 3.87. The van der Waals surface area contributed by atoms with Crippen LogP contribution in [0.1, 0.15) is 11.3 Å². The summed E-state index contributed by atoms with van der Waals surface area (Å²) in [5, 5.41) is 15.0. The first-order valence-corrected chi connectivity index (χ1v) is 7.10. The molecule has 0 aliphatic carbocycles. The lowest BCUT2D eigenvalue weighted by atomic mass is 10.1. The minimum absolute atomic E-state index is 0.208. The SMILES string of the molecule is COc1ccc(-n2nc(-c3ccc(C)cc3)c(O)c2C)cc1. The lowest BCUT2D eigenvalue weighted by Gasteiger charge is -2.05. The molecule has 0 aliphatic rings. The Labute approximate surface area is 129 Å². The fourth-order valence-electron chi connectivity index (χ4n) is 2.37. The molecule has 3 aromatic rings. The van der Waals surface area contributed by atoms with Crippen LogP contribution in [0.4, 0.5) is 0 Å². The molecule has 3 rings (SSSR count). The first-order chi connectivity index (χ1) is 10.6. The van der Waals surface area contributed by atoms with Gasteiger partial charge in [0.2, 0.25) is 0 Å². The summed E-state index contributed by atoms with van der Waals surface area (Å²) in [5.41, 5.74) is 4.26. The minimum atomic E-state index is 0.208. The van der Waals surface area contributed by atoms with Crippen LogP contribution in [0.5, 0.6) is 11.5 Å². The van der Waals surface area contributed by atoms with Crippen molar-refractivity contribution in [1.29, 1.82) is 0 Å². The molecule has 0 atom stereocenters. The van der Waals surface area contributed by atoms with Crippen LogP contribution in [-0.2, 0) is 0 Å². The van der Waals surface area contributed by atoms with Crippen LogP contribution in [0.3, 0.4) is 0 Å². The number of ether oxygens (including phenoxy) is 1. The highest BCUT2D eigenvalue weighted by molar-refractivity contribution is 5.68. The molecule has 22 heavy (non-hydrogen) atoms. The summed E-state index contributed by atoms with van der Waals surface area (Å²) in [6.07, 6.45) is 0. The van der Waals surface area contributed by atoms with E-state index in [1.54, 1.807) is 11.8 Å². The van der Waals surface area contributed by atoms with Crippen LogP contribution < -0.4 is 4.74 Å². The molecular weight excluding hydrogens is 276 g/mol. The van der Waals surface area contributed by atoms with Gasteiger partial charge in [0.05, 0.1) is 18.5 Å². The third-order valence-corrected chi connectivity index (χ3v) is 3.73. The zero-order chi connectivity index (χ0) is 15.7. The van der Waals surface area contributed by atoms with Crippen LogP contribution in [-0.4, -0.2) is 22.0 Å². The predicted molar refractivity (Wildman–Crippen MR) is 86.7 cm³/mol. The smallest absolute Gasteiger partial charge is 0.165 e. The van der Waals surface area contributed by atoms with Crippen molar-refractivity contribution < 1.29 is 9.84 Å². The molecular formula is C18H18N2O2. The molecule has 0 saturated heterocycles. The number of hydrogen-bond donors (Lipinski definition) is 1. The molecule has 4 heteroatoms. The Morgan fingerprint density at radius 3 is 2.18 bits per heavy atom. The second kappa shape index (κ2) is 5.56. The summed E-state index contributed by atoms with van der Waals surface area (Å²) in [5.74, 6) is 0.996. The van der Waals surface area contributed by atoms with E-state index in [1.165, 1.54) is 5.56 Å². The van der Waals surface area contributed by atoms with Gasteiger partial charge in [0.15, 0.2) is 5.75 Å². The van der Waals surface area contributed by atoms with E-state index in [2.05, 4.69) is 5.10 Å². The van der Waals surface area contributed by atoms with Crippen molar-refractivity contribution in [3.8, 4) is 28.4 Å². The largest absolute Gasteiger partial charge is 0.504 e. The van der Waals surface area contributed by atoms with Crippen molar-refractivity contribution in [3.63, 3.8) is 0 Å². The zero-order valence-electron chi connectivity index (χ0n) is 12.9. The van der Waals surface area contributed by atoms with Crippen molar-refractivity contribution in [2.45, 2.75) is 13.8 Å². The Hall–Kier alpha value is -2.75. The van der Waals surface area contributed by atoms with Crippen molar-refractivity contribution >= 4 is 0 Å². The number of nitrogens with zero attached hydrogens (tertiary/aromatic N) is 2. The van der Waals surface area contributed by atoms with E-state index in [0.717, 1.165) is 17.0 Å². The maximum absolute atomic E-state index is 10.4. The lowest BCUT2D eigenvalue weighted by molar-refractivity contribution is 0.414. The van der Waals surface area contributed by atoms with Gasteiger partial charge in [-0.15, -0.1) is 0 Å². The van der Waals surface area contributed by atoms with Crippen molar-refractivity contribution in [2.75, 3.05) is 7.11 Å². The van der Waals surface area contributed by atoms with E-state index in [4.69, 9.17) is 4.74 Å². The standard InChI is InChI=1S/C18H18N2O2/c1-12-4-6-14(7-5-12)17-18(21)13(2)20(19-17)15-8-10-16(22-3)11-9-15/h4-11,21H,1-3H3. The molecule has 0 spiro atoms. The van der Waals surface area contributed by atoms with Gasteiger partial charge >= 0.3 is 0 Å². The van der Waals surface area contributed by atoms with Crippen molar-refractivity contribution in [1.82, 2.24) is 9.78 Å². The van der Waals surface area contributed by atoms with Gasteiger partial charge in [-0.25, -0.2) is 4.68 Å². The van der Waals surface area contributed by atoms with Gasteiger partial charge in [-0.05, 0) is 38.1 Å². The monoisotopic (exact) mass is 294 g/mol. The van der Waals surface area contributed by atoms with Crippen LogP contribution in [0.15, 0.2) is 48.5 Å². The number of aromatic nitrogens is 2. The number of aryl methyl sites for hydroxylation is 1. The van der Waals surface area contributed by atoms with Gasteiger partial charge in [0.25, 0.3) is 0 Å². The number of hydrogen-bond acceptors (Lipinski definition) is 3. The lowest BCUT2D eigenvalue weighted by Crippen LogP contribution is -1.98. The van der Waals surface area contributed by atoms with E-state index in [0.29, 0.717) is 11.4 Å².